The number of para-hydroxylation sites is 2. The molecular formula is C21H21N7O. The van der Waals surface area contributed by atoms with Gasteiger partial charge in [-0.25, -0.2) is 4.98 Å². The number of amides is 1. The number of carbonyl (C=O) groups is 1. The van der Waals surface area contributed by atoms with Crippen molar-refractivity contribution in [3.8, 4) is 0 Å². The third kappa shape index (κ3) is 3.26. The molecule has 2 aromatic carbocycles. The number of piperidine rings is 1. The van der Waals surface area contributed by atoms with Gasteiger partial charge in [-0.2, -0.15) is 4.52 Å². The van der Waals surface area contributed by atoms with Gasteiger partial charge in [-0.3, -0.25) is 4.79 Å². The highest BCUT2D eigenvalue weighted by Gasteiger charge is 2.21. The van der Waals surface area contributed by atoms with Gasteiger partial charge in [0.2, 0.25) is 5.65 Å². The van der Waals surface area contributed by atoms with Crippen molar-refractivity contribution in [2.24, 2.45) is 5.92 Å². The summed E-state index contributed by atoms with van der Waals surface area (Å²) in [6.45, 7) is 3.87. The zero-order chi connectivity index (χ0) is 19.8. The Kier molecular flexibility index (Phi) is 4.31. The van der Waals surface area contributed by atoms with Gasteiger partial charge in [-0.05, 0) is 59.5 Å². The van der Waals surface area contributed by atoms with Crippen LogP contribution in [0.5, 0.6) is 0 Å². The lowest BCUT2D eigenvalue weighted by Gasteiger charge is -2.30. The fraction of sp³-hybridized carbons (Fsp3) is 0.286. The molecule has 0 bridgehead atoms. The molecule has 1 fully saturated rings. The van der Waals surface area contributed by atoms with Gasteiger partial charge in [-0.1, -0.05) is 25.1 Å². The summed E-state index contributed by atoms with van der Waals surface area (Å²) < 4.78 is 1.66. The van der Waals surface area contributed by atoms with Crippen LogP contribution in [0.4, 0.5) is 11.5 Å². The molecule has 5 rings (SSSR count). The Hall–Kier alpha value is -3.55. The molecule has 0 spiro atoms. The number of rotatable bonds is 3. The highest BCUT2D eigenvalue weighted by molar-refractivity contribution is 5.95. The number of hydrogen-bond donors (Lipinski definition) is 1. The Bertz CT molecular complexity index is 1190. The summed E-state index contributed by atoms with van der Waals surface area (Å²) in [6.07, 6.45) is 2.12. The van der Waals surface area contributed by atoms with E-state index in [2.05, 4.69) is 32.7 Å². The third-order valence-corrected chi connectivity index (χ3v) is 5.47. The van der Waals surface area contributed by atoms with E-state index in [4.69, 9.17) is 0 Å². The fourth-order valence-electron chi connectivity index (χ4n) is 3.75. The maximum absolute atomic E-state index is 12.9. The Morgan fingerprint density at radius 1 is 1.10 bits per heavy atom. The van der Waals surface area contributed by atoms with E-state index >= 15 is 0 Å². The Morgan fingerprint density at radius 2 is 1.93 bits per heavy atom. The quantitative estimate of drug-likeness (QED) is 0.580. The van der Waals surface area contributed by atoms with E-state index in [1.165, 1.54) is 0 Å². The number of anilines is 2. The molecule has 1 amide bonds. The van der Waals surface area contributed by atoms with Crippen LogP contribution in [-0.4, -0.2) is 48.9 Å². The van der Waals surface area contributed by atoms with Crippen LogP contribution >= 0.6 is 0 Å². The topological polar surface area (TPSA) is 88.3 Å². The van der Waals surface area contributed by atoms with Gasteiger partial charge in [0.25, 0.3) is 5.91 Å². The molecule has 1 aliphatic rings. The van der Waals surface area contributed by atoms with Crippen molar-refractivity contribution in [1.29, 1.82) is 0 Å². The summed E-state index contributed by atoms with van der Waals surface area (Å²) in [5.41, 5.74) is 3.59. The number of benzene rings is 2. The van der Waals surface area contributed by atoms with E-state index in [0.29, 0.717) is 22.9 Å². The van der Waals surface area contributed by atoms with Crippen LogP contribution in [0.1, 0.15) is 30.1 Å². The summed E-state index contributed by atoms with van der Waals surface area (Å²) in [6, 6.07) is 15.2. The zero-order valence-corrected chi connectivity index (χ0v) is 16.1. The molecule has 1 N–H and O–H groups in total. The Balaban J connectivity index is 1.46. The van der Waals surface area contributed by atoms with E-state index in [0.717, 1.165) is 42.7 Å². The van der Waals surface area contributed by atoms with Crippen LogP contribution in [0, 0.1) is 5.92 Å². The number of carbonyl (C=O) groups excluding carboxylic acids is 1. The van der Waals surface area contributed by atoms with Gasteiger partial charge in [0.15, 0.2) is 5.82 Å². The van der Waals surface area contributed by atoms with Crippen LogP contribution in [0.25, 0.3) is 16.7 Å². The number of fused-ring (bicyclic) bond motifs is 3. The minimum absolute atomic E-state index is 0.0707. The normalized spacial score (nSPS) is 15.1. The maximum atomic E-state index is 12.9. The first kappa shape index (κ1) is 17.5. The van der Waals surface area contributed by atoms with E-state index in [-0.39, 0.29) is 5.91 Å². The lowest BCUT2D eigenvalue weighted by atomic mass is 9.98. The molecule has 0 atom stereocenters. The summed E-state index contributed by atoms with van der Waals surface area (Å²) in [7, 11) is 0. The second kappa shape index (κ2) is 7.12. The molecule has 0 radical (unpaired) electrons. The number of nitrogens with zero attached hydrogens (tertiary/aromatic N) is 6. The van der Waals surface area contributed by atoms with E-state index in [9.17, 15) is 4.79 Å². The minimum Gasteiger partial charge on any atom is -0.339 e. The van der Waals surface area contributed by atoms with Gasteiger partial charge < -0.3 is 10.2 Å². The predicted octanol–water partition coefficient (Wildman–Crippen LogP) is 3.29. The van der Waals surface area contributed by atoms with Crippen molar-refractivity contribution >= 4 is 34.1 Å². The van der Waals surface area contributed by atoms with Crippen molar-refractivity contribution in [2.75, 3.05) is 18.4 Å². The summed E-state index contributed by atoms with van der Waals surface area (Å²) in [5.74, 6) is 1.30. The Morgan fingerprint density at radius 3 is 2.79 bits per heavy atom. The average Bonchev–Trinajstić information content (AvgIpc) is 3.25. The van der Waals surface area contributed by atoms with Crippen LogP contribution in [0.15, 0.2) is 48.5 Å². The van der Waals surface area contributed by atoms with Crippen molar-refractivity contribution < 1.29 is 4.79 Å². The summed E-state index contributed by atoms with van der Waals surface area (Å²) in [5, 5.41) is 15.3. The Labute approximate surface area is 167 Å². The van der Waals surface area contributed by atoms with E-state index in [1.807, 2.05) is 53.4 Å². The second-order valence-electron chi connectivity index (χ2n) is 7.54. The third-order valence-electron chi connectivity index (χ3n) is 5.47. The van der Waals surface area contributed by atoms with Crippen molar-refractivity contribution in [1.82, 2.24) is 29.9 Å². The molecule has 2 aromatic heterocycles. The van der Waals surface area contributed by atoms with E-state index < -0.39 is 0 Å². The largest absolute Gasteiger partial charge is 0.339 e. The molecule has 8 nitrogen and oxygen atoms in total. The van der Waals surface area contributed by atoms with Crippen molar-refractivity contribution in [3.63, 3.8) is 0 Å². The molecular weight excluding hydrogens is 366 g/mol. The zero-order valence-electron chi connectivity index (χ0n) is 16.1. The number of aromatic nitrogens is 5. The van der Waals surface area contributed by atoms with Gasteiger partial charge in [0.05, 0.1) is 11.0 Å². The molecule has 8 heteroatoms. The van der Waals surface area contributed by atoms with Gasteiger partial charge in [0.1, 0.15) is 0 Å². The maximum Gasteiger partial charge on any atom is 0.253 e. The fourth-order valence-corrected chi connectivity index (χ4v) is 3.75. The molecule has 0 saturated carbocycles. The first-order valence-electron chi connectivity index (χ1n) is 9.82. The molecule has 1 aliphatic heterocycles. The number of nitrogens with one attached hydrogen (secondary N) is 1. The molecule has 0 aliphatic carbocycles. The van der Waals surface area contributed by atoms with Crippen LogP contribution in [-0.2, 0) is 0 Å². The van der Waals surface area contributed by atoms with E-state index in [1.54, 1.807) is 4.52 Å². The van der Waals surface area contributed by atoms with Gasteiger partial charge in [0, 0.05) is 24.3 Å². The monoisotopic (exact) mass is 387 g/mol. The first-order chi connectivity index (χ1) is 14.2. The number of likely N-dealkylation sites (tertiary alicyclic amines) is 1. The molecule has 0 unspecified atom stereocenters. The second-order valence-corrected chi connectivity index (χ2v) is 7.54. The highest BCUT2D eigenvalue weighted by Crippen LogP contribution is 2.24. The molecule has 1 saturated heterocycles. The van der Waals surface area contributed by atoms with Gasteiger partial charge in [-0.15, -0.1) is 5.10 Å². The molecule has 146 valence electrons. The standard InChI is InChI=1S/C21H21N7O/c1-14-9-11-27(12-10-14)21(29)15-5-4-6-16(13-15)22-19-20-24-25-26-28(20)18-8-3-2-7-17(18)23-19/h2-8,13-14H,9-12H2,1H3,(H,22,23). The van der Waals surface area contributed by atoms with Crippen LogP contribution in [0.2, 0.25) is 0 Å². The lowest BCUT2D eigenvalue weighted by molar-refractivity contribution is 0.0697. The van der Waals surface area contributed by atoms with Crippen LogP contribution < -0.4 is 5.32 Å². The molecule has 3 heterocycles. The lowest BCUT2D eigenvalue weighted by Crippen LogP contribution is -2.37. The SMILES string of the molecule is CC1CCN(C(=O)c2cccc(Nc3nc4ccccc4n4nnnc34)c2)CC1. The highest BCUT2D eigenvalue weighted by atomic mass is 16.2. The summed E-state index contributed by atoms with van der Waals surface area (Å²) >= 11 is 0. The summed E-state index contributed by atoms with van der Waals surface area (Å²) in [4.78, 5) is 19.5. The van der Waals surface area contributed by atoms with Crippen molar-refractivity contribution in [2.45, 2.75) is 19.8 Å². The number of tetrazole rings is 1. The predicted molar refractivity (Wildman–Crippen MR) is 110 cm³/mol. The minimum atomic E-state index is 0.0707. The molecule has 4 aromatic rings. The van der Waals surface area contributed by atoms with Gasteiger partial charge >= 0.3 is 0 Å². The number of hydrogen-bond acceptors (Lipinski definition) is 6. The van der Waals surface area contributed by atoms with Crippen LogP contribution in [0.3, 0.4) is 0 Å². The smallest absolute Gasteiger partial charge is 0.253 e. The first-order valence-corrected chi connectivity index (χ1v) is 9.82. The average molecular weight is 387 g/mol. The van der Waals surface area contributed by atoms with Crippen molar-refractivity contribution in [3.05, 3.63) is 54.1 Å². The molecule has 29 heavy (non-hydrogen) atoms.